The summed E-state index contributed by atoms with van der Waals surface area (Å²) in [6, 6.07) is 0. The molecule has 0 aromatic heterocycles. The Morgan fingerprint density at radius 1 is 1.41 bits per heavy atom. The summed E-state index contributed by atoms with van der Waals surface area (Å²) in [7, 11) is 0.735. The van der Waals surface area contributed by atoms with E-state index in [4.69, 9.17) is 0 Å². The summed E-state index contributed by atoms with van der Waals surface area (Å²) in [5.74, 6) is 1.04. The summed E-state index contributed by atoms with van der Waals surface area (Å²) in [6.07, 6.45) is 2.12. The van der Waals surface area contributed by atoms with Crippen LogP contribution in [0.1, 0.15) is 19.3 Å². The van der Waals surface area contributed by atoms with Gasteiger partial charge < -0.3 is 10.2 Å². The second-order valence-electron chi connectivity index (χ2n) is 4.86. The first-order valence-corrected chi connectivity index (χ1v) is 7.84. The Morgan fingerprint density at radius 3 is 2.65 bits per heavy atom. The summed E-state index contributed by atoms with van der Waals surface area (Å²) in [4.78, 5) is 12.9. The number of rotatable bonds is 6. The third-order valence-corrected chi connectivity index (χ3v) is 4.84. The van der Waals surface area contributed by atoms with Crippen LogP contribution >= 0.6 is 0 Å². The lowest BCUT2D eigenvalue weighted by Crippen LogP contribution is -2.26. The molecule has 5 nitrogen and oxygen atoms in total. The first-order chi connectivity index (χ1) is 7.91. The Balaban J connectivity index is 2.04. The van der Waals surface area contributed by atoms with Crippen molar-refractivity contribution in [3.8, 4) is 0 Å². The van der Waals surface area contributed by atoms with E-state index >= 15 is 0 Å². The van der Waals surface area contributed by atoms with E-state index < -0.39 is 9.84 Å². The number of nitrogens with zero attached hydrogens (tertiary/aromatic N) is 1. The van der Waals surface area contributed by atoms with Gasteiger partial charge in [0.2, 0.25) is 5.91 Å². The van der Waals surface area contributed by atoms with E-state index in [1.54, 1.807) is 19.0 Å². The fourth-order valence-electron chi connectivity index (χ4n) is 1.93. The van der Waals surface area contributed by atoms with Crippen molar-refractivity contribution < 1.29 is 13.2 Å². The minimum Gasteiger partial charge on any atom is -0.349 e. The largest absolute Gasteiger partial charge is 0.349 e. The number of nitrogens with one attached hydrogen (secondary N) is 1. The van der Waals surface area contributed by atoms with Crippen LogP contribution in [0.4, 0.5) is 0 Å². The average Bonchev–Trinajstić information content (AvgIpc) is 2.57. The van der Waals surface area contributed by atoms with Gasteiger partial charge in [-0.05, 0) is 31.8 Å². The maximum absolute atomic E-state index is 11.3. The Bertz CT molecular complexity index is 352. The lowest BCUT2D eigenvalue weighted by molar-refractivity contribution is -0.128. The number of carbonyl (C=O) groups is 1. The lowest BCUT2D eigenvalue weighted by Gasteiger charge is -2.11. The topological polar surface area (TPSA) is 66.5 Å². The van der Waals surface area contributed by atoms with Gasteiger partial charge in [0.05, 0.1) is 11.5 Å². The van der Waals surface area contributed by atoms with E-state index in [0.29, 0.717) is 17.9 Å². The molecule has 1 unspecified atom stereocenters. The van der Waals surface area contributed by atoms with Crippen LogP contribution in [-0.2, 0) is 14.6 Å². The zero-order valence-corrected chi connectivity index (χ0v) is 11.4. The molecule has 17 heavy (non-hydrogen) atoms. The Kier molecular flexibility index (Phi) is 5.39. The maximum Gasteiger partial charge on any atom is 0.222 e. The third kappa shape index (κ3) is 5.50. The first kappa shape index (κ1) is 14.4. The van der Waals surface area contributed by atoms with Crippen molar-refractivity contribution in [3.63, 3.8) is 0 Å². The van der Waals surface area contributed by atoms with Crippen molar-refractivity contribution in [1.29, 1.82) is 0 Å². The molecule has 1 heterocycles. The van der Waals surface area contributed by atoms with Crippen LogP contribution in [0.15, 0.2) is 0 Å². The number of sulfone groups is 1. The highest BCUT2D eigenvalue weighted by atomic mass is 32.2. The average molecular weight is 262 g/mol. The van der Waals surface area contributed by atoms with Gasteiger partial charge in [-0.2, -0.15) is 0 Å². The molecule has 0 aliphatic carbocycles. The molecule has 6 heteroatoms. The molecule has 1 saturated heterocycles. The normalized spacial score (nSPS) is 22.6. The lowest BCUT2D eigenvalue weighted by atomic mass is 10.1. The zero-order chi connectivity index (χ0) is 12.9. The molecule has 1 aliphatic heterocycles. The zero-order valence-electron chi connectivity index (χ0n) is 10.6. The molecule has 0 saturated carbocycles. The van der Waals surface area contributed by atoms with Gasteiger partial charge in [-0.3, -0.25) is 4.79 Å². The van der Waals surface area contributed by atoms with Crippen LogP contribution in [0, 0.1) is 5.92 Å². The Labute approximate surface area is 103 Å². The van der Waals surface area contributed by atoms with E-state index in [-0.39, 0.29) is 11.8 Å². The van der Waals surface area contributed by atoms with Crippen molar-refractivity contribution in [3.05, 3.63) is 0 Å². The van der Waals surface area contributed by atoms with Gasteiger partial charge in [0, 0.05) is 20.5 Å². The molecule has 1 aliphatic rings. The Hall–Kier alpha value is -0.620. The van der Waals surface area contributed by atoms with Crippen LogP contribution < -0.4 is 5.32 Å². The van der Waals surface area contributed by atoms with E-state index in [9.17, 15) is 13.2 Å². The summed E-state index contributed by atoms with van der Waals surface area (Å²) in [5, 5.41) is 3.22. The van der Waals surface area contributed by atoms with Crippen molar-refractivity contribution in [2.45, 2.75) is 19.3 Å². The minimum atomic E-state index is -2.76. The fraction of sp³-hybridized carbons (Fsp3) is 0.909. The minimum absolute atomic E-state index is 0.134. The number of amides is 1. The molecule has 1 rings (SSSR count). The van der Waals surface area contributed by atoms with E-state index in [1.807, 2.05) is 0 Å². The molecular weight excluding hydrogens is 240 g/mol. The summed E-state index contributed by atoms with van der Waals surface area (Å²) in [5.41, 5.74) is 0. The highest BCUT2D eigenvalue weighted by Crippen LogP contribution is 2.17. The Morgan fingerprint density at radius 2 is 2.12 bits per heavy atom. The van der Waals surface area contributed by atoms with Gasteiger partial charge in [-0.15, -0.1) is 0 Å². The molecule has 1 amide bonds. The molecule has 0 radical (unpaired) electrons. The third-order valence-electron chi connectivity index (χ3n) is 3.00. The molecule has 100 valence electrons. The summed E-state index contributed by atoms with van der Waals surface area (Å²) >= 11 is 0. The second kappa shape index (κ2) is 6.35. The number of hydrogen-bond acceptors (Lipinski definition) is 4. The van der Waals surface area contributed by atoms with Gasteiger partial charge >= 0.3 is 0 Å². The SMILES string of the molecule is CN(C)C(=O)CCCNCC1CCS(=O)(=O)C1. The summed E-state index contributed by atoms with van der Waals surface area (Å²) in [6.45, 7) is 1.52. The predicted octanol–water partition coefficient (Wildman–Crippen LogP) is -0.121. The molecule has 1 fully saturated rings. The second-order valence-corrected chi connectivity index (χ2v) is 7.09. The molecule has 0 spiro atoms. The van der Waals surface area contributed by atoms with Gasteiger partial charge in [0.1, 0.15) is 0 Å². The van der Waals surface area contributed by atoms with Crippen molar-refractivity contribution in [1.82, 2.24) is 10.2 Å². The quantitative estimate of drug-likeness (QED) is 0.678. The molecule has 0 aromatic carbocycles. The first-order valence-electron chi connectivity index (χ1n) is 6.02. The van der Waals surface area contributed by atoms with Gasteiger partial charge in [-0.25, -0.2) is 8.42 Å². The molecule has 0 aromatic rings. The van der Waals surface area contributed by atoms with Gasteiger partial charge in [-0.1, -0.05) is 0 Å². The number of hydrogen-bond donors (Lipinski definition) is 1. The monoisotopic (exact) mass is 262 g/mol. The highest BCUT2D eigenvalue weighted by Gasteiger charge is 2.27. The smallest absolute Gasteiger partial charge is 0.222 e. The fourth-order valence-corrected chi connectivity index (χ4v) is 3.79. The van der Waals surface area contributed by atoms with Gasteiger partial charge in [0.25, 0.3) is 0 Å². The highest BCUT2D eigenvalue weighted by molar-refractivity contribution is 7.91. The number of carbonyl (C=O) groups excluding carboxylic acids is 1. The molecular formula is C11H22N2O3S. The van der Waals surface area contributed by atoms with E-state index in [1.165, 1.54) is 0 Å². The van der Waals surface area contributed by atoms with E-state index in [0.717, 1.165) is 25.9 Å². The van der Waals surface area contributed by atoms with E-state index in [2.05, 4.69) is 5.32 Å². The maximum atomic E-state index is 11.3. The van der Waals surface area contributed by atoms with Crippen molar-refractivity contribution in [2.24, 2.45) is 5.92 Å². The van der Waals surface area contributed by atoms with Crippen molar-refractivity contribution in [2.75, 3.05) is 38.7 Å². The van der Waals surface area contributed by atoms with Crippen molar-refractivity contribution >= 4 is 15.7 Å². The molecule has 0 bridgehead atoms. The van der Waals surface area contributed by atoms with Gasteiger partial charge in [0.15, 0.2) is 9.84 Å². The standard InChI is InChI=1S/C11H22N2O3S/c1-13(2)11(14)4-3-6-12-8-10-5-7-17(15,16)9-10/h10,12H,3-9H2,1-2H3. The molecule has 1 atom stereocenters. The van der Waals surface area contributed by atoms with Crippen LogP contribution in [-0.4, -0.2) is 57.9 Å². The van der Waals surface area contributed by atoms with Crippen LogP contribution in [0.5, 0.6) is 0 Å². The molecule has 1 N–H and O–H groups in total. The van der Waals surface area contributed by atoms with Crippen LogP contribution in [0.3, 0.4) is 0 Å². The predicted molar refractivity (Wildman–Crippen MR) is 67.6 cm³/mol. The summed E-state index contributed by atoms with van der Waals surface area (Å²) < 4.78 is 22.4. The van der Waals surface area contributed by atoms with Crippen LogP contribution in [0.25, 0.3) is 0 Å². The van der Waals surface area contributed by atoms with Crippen LogP contribution in [0.2, 0.25) is 0 Å².